The Morgan fingerprint density at radius 3 is 2.37 bits per heavy atom. The van der Waals surface area contributed by atoms with E-state index in [0.29, 0.717) is 36.2 Å². The molecule has 10 heteroatoms. The Kier molecular flexibility index (Phi) is 6.67. The molecule has 1 fully saturated rings. The summed E-state index contributed by atoms with van der Waals surface area (Å²) >= 11 is 0. The molecular formula is C20H28N4O5S. The van der Waals surface area contributed by atoms with Crippen LogP contribution in [0.25, 0.3) is 0 Å². The maximum Gasteiger partial charge on any atom is 0.274 e. The SMILES string of the molecule is COc1ccc(S(=O)(=O)N2CCN(C(=O)c3cc(CC(C)C)[nH]n3)CC2)cc1OC. The Bertz CT molecular complexity index is 994. The van der Waals surface area contributed by atoms with E-state index >= 15 is 0 Å². The minimum Gasteiger partial charge on any atom is -0.493 e. The van der Waals surface area contributed by atoms with Crippen LogP contribution in [-0.2, 0) is 16.4 Å². The van der Waals surface area contributed by atoms with Gasteiger partial charge in [-0.3, -0.25) is 9.89 Å². The quantitative estimate of drug-likeness (QED) is 0.709. The van der Waals surface area contributed by atoms with Gasteiger partial charge in [-0.1, -0.05) is 13.8 Å². The molecule has 164 valence electrons. The van der Waals surface area contributed by atoms with Crippen molar-refractivity contribution in [2.45, 2.75) is 25.2 Å². The van der Waals surface area contributed by atoms with Gasteiger partial charge in [-0.25, -0.2) is 8.42 Å². The maximum absolute atomic E-state index is 13.0. The number of aromatic nitrogens is 2. The zero-order valence-corrected chi connectivity index (χ0v) is 18.5. The maximum atomic E-state index is 13.0. The number of hydrogen-bond acceptors (Lipinski definition) is 6. The van der Waals surface area contributed by atoms with Crippen LogP contribution < -0.4 is 9.47 Å². The van der Waals surface area contributed by atoms with E-state index in [1.165, 1.54) is 30.7 Å². The van der Waals surface area contributed by atoms with Crippen molar-refractivity contribution in [1.29, 1.82) is 0 Å². The third-order valence-corrected chi connectivity index (χ3v) is 6.89. The average Bonchev–Trinajstić information content (AvgIpc) is 3.20. The largest absolute Gasteiger partial charge is 0.493 e. The highest BCUT2D eigenvalue weighted by Gasteiger charge is 2.31. The first-order valence-corrected chi connectivity index (χ1v) is 11.3. The second-order valence-electron chi connectivity index (χ2n) is 7.59. The molecule has 9 nitrogen and oxygen atoms in total. The molecule has 1 saturated heterocycles. The summed E-state index contributed by atoms with van der Waals surface area (Å²) in [6, 6.07) is 6.28. The van der Waals surface area contributed by atoms with E-state index in [9.17, 15) is 13.2 Å². The predicted molar refractivity (Wildman–Crippen MR) is 111 cm³/mol. The number of methoxy groups -OCH3 is 2. The zero-order chi connectivity index (χ0) is 21.9. The van der Waals surface area contributed by atoms with E-state index in [1.807, 2.05) is 0 Å². The minimum atomic E-state index is -3.70. The van der Waals surface area contributed by atoms with E-state index in [4.69, 9.17) is 9.47 Å². The normalized spacial score (nSPS) is 15.4. The summed E-state index contributed by atoms with van der Waals surface area (Å²) in [7, 11) is -0.753. The summed E-state index contributed by atoms with van der Waals surface area (Å²) in [5.74, 6) is 1.08. The van der Waals surface area contributed by atoms with Gasteiger partial charge in [-0.15, -0.1) is 0 Å². The van der Waals surface area contributed by atoms with Crippen LogP contribution in [0.4, 0.5) is 0 Å². The Morgan fingerprint density at radius 1 is 1.10 bits per heavy atom. The van der Waals surface area contributed by atoms with Gasteiger partial charge < -0.3 is 14.4 Å². The monoisotopic (exact) mass is 436 g/mol. The summed E-state index contributed by atoms with van der Waals surface area (Å²) in [5.41, 5.74) is 1.28. The zero-order valence-electron chi connectivity index (χ0n) is 17.7. The Balaban J connectivity index is 1.67. The minimum absolute atomic E-state index is 0.130. The van der Waals surface area contributed by atoms with Gasteiger partial charge in [0.15, 0.2) is 11.5 Å². The predicted octanol–water partition coefficient (Wildman–Crippen LogP) is 1.77. The molecular weight excluding hydrogens is 408 g/mol. The van der Waals surface area contributed by atoms with Gasteiger partial charge in [0.1, 0.15) is 5.69 Å². The molecule has 0 unspecified atom stereocenters. The van der Waals surface area contributed by atoms with Crippen LogP contribution in [0.1, 0.15) is 30.0 Å². The summed E-state index contributed by atoms with van der Waals surface area (Å²) in [6.45, 7) is 5.23. The van der Waals surface area contributed by atoms with Gasteiger partial charge in [-0.2, -0.15) is 9.40 Å². The van der Waals surface area contributed by atoms with Gasteiger partial charge in [0.05, 0.1) is 19.1 Å². The van der Waals surface area contributed by atoms with Gasteiger partial charge in [0.2, 0.25) is 10.0 Å². The molecule has 0 spiro atoms. The molecule has 1 aromatic heterocycles. The number of amides is 1. The van der Waals surface area contributed by atoms with Gasteiger partial charge in [0, 0.05) is 37.9 Å². The highest BCUT2D eigenvalue weighted by Crippen LogP contribution is 2.31. The summed E-state index contributed by atoms with van der Waals surface area (Å²) in [5, 5.41) is 7.03. The lowest BCUT2D eigenvalue weighted by atomic mass is 10.1. The number of aromatic amines is 1. The Labute approximate surface area is 177 Å². The van der Waals surface area contributed by atoms with Crippen LogP contribution in [0.15, 0.2) is 29.2 Å². The number of H-pyrrole nitrogens is 1. The van der Waals surface area contributed by atoms with Crippen molar-refractivity contribution in [3.63, 3.8) is 0 Å². The highest BCUT2D eigenvalue weighted by molar-refractivity contribution is 7.89. The van der Waals surface area contributed by atoms with E-state index < -0.39 is 10.0 Å². The lowest BCUT2D eigenvalue weighted by Crippen LogP contribution is -2.50. The topological polar surface area (TPSA) is 105 Å². The fraction of sp³-hybridized carbons (Fsp3) is 0.500. The molecule has 0 bridgehead atoms. The Morgan fingerprint density at radius 2 is 1.77 bits per heavy atom. The van der Waals surface area contributed by atoms with Crippen LogP contribution >= 0.6 is 0 Å². The molecule has 1 aliphatic rings. The van der Waals surface area contributed by atoms with Crippen molar-refractivity contribution in [3.8, 4) is 11.5 Å². The molecule has 1 aliphatic heterocycles. The fourth-order valence-electron chi connectivity index (χ4n) is 3.44. The second kappa shape index (κ2) is 9.05. The molecule has 0 saturated carbocycles. The number of sulfonamides is 1. The van der Waals surface area contributed by atoms with Crippen LogP contribution in [0.3, 0.4) is 0 Å². The van der Waals surface area contributed by atoms with Crippen molar-refractivity contribution in [3.05, 3.63) is 35.7 Å². The molecule has 1 aromatic carbocycles. The number of nitrogens with one attached hydrogen (secondary N) is 1. The molecule has 1 N–H and O–H groups in total. The number of piperazine rings is 1. The first kappa shape index (κ1) is 22.1. The lowest BCUT2D eigenvalue weighted by molar-refractivity contribution is 0.0692. The third-order valence-electron chi connectivity index (χ3n) is 5.00. The second-order valence-corrected chi connectivity index (χ2v) is 9.53. The summed E-state index contributed by atoms with van der Waals surface area (Å²) < 4.78 is 37.8. The van der Waals surface area contributed by atoms with E-state index in [2.05, 4.69) is 24.0 Å². The smallest absolute Gasteiger partial charge is 0.274 e. The molecule has 1 amide bonds. The molecule has 0 radical (unpaired) electrons. The number of rotatable bonds is 7. The standard InChI is InChI=1S/C20H28N4O5S/c1-14(2)11-15-12-17(22-21-15)20(25)23-7-9-24(10-8-23)30(26,27)16-5-6-18(28-3)19(13-16)29-4/h5-6,12-14H,7-11H2,1-4H3,(H,21,22). The van der Waals surface area contributed by atoms with Crippen molar-refractivity contribution in [2.75, 3.05) is 40.4 Å². The average molecular weight is 437 g/mol. The third kappa shape index (κ3) is 4.59. The number of carbonyl (C=O) groups is 1. The number of hydrogen-bond donors (Lipinski definition) is 1. The van der Waals surface area contributed by atoms with Crippen LogP contribution in [-0.4, -0.2) is 74.1 Å². The summed E-state index contributed by atoms with van der Waals surface area (Å²) in [6.07, 6.45) is 0.817. The van der Waals surface area contributed by atoms with E-state index in [1.54, 1.807) is 17.0 Å². The van der Waals surface area contributed by atoms with E-state index in [0.717, 1.165) is 12.1 Å². The molecule has 0 aliphatic carbocycles. The molecule has 2 heterocycles. The van der Waals surface area contributed by atoms with Gasteiger partial charge in [0.25, 0.3) is 5.91 Å². The van der Waals surface area contributed by atoms with Crippen LogP contribution in [0, 0.1) is 5.92 Å². The number of benzene rings is 1. The van der Waals surface area contributed by atoms with Gasteiger partial charge >= 0.3 is 0 Å². The molecule has 30 heavy (non-hydrogen) atoms. The number of ether oxygens (including phenoxy) is 2. The number of nitrogens with zero attached hydrogens (tertiary/aromatic N) is 3. The first-order valence-electron chi connectivity index (χ1n) is 9.82. The van der Waals surface area contributed by atoms with Crippen LogP contribution in [0.2, 0.25) is 0 Å². The Hall–Kier alpha value is -2.59. The fourth-order valence-corrected chi connectivity index (χ4v) is 4.87. The van der Waals surface area contributed by atoms with Crippen molar-refractivity contribution < 1.29 is 22.7 Å². The van der Waals surface area contributed by atoms with Crippen molar-refractivity contribution in [1.82, 2.24) is 19.4 Å². The lowest BCUT2D eigenvalue weighted by Gasteiger charge is -2.33. The van der Waals surface area contributed by atoms with Crippen LogP contribution in [0.5, 0.6) is 11.5 Å². The van der Waals surface area contributed by atoms with Gasteiger partial charge in [-0.05, 0) is 30.5 Å². The van der Waals surface area contributed by atoms with E-state index in [-0.39, 0.29) is 23.9 Å². The summed E-state index contributed by atoms with van der Waals surface area (Å²) in [4.78, 5) is 14.5. The highest BCUT2D eigenvalue weighted by atomic mass is 32.2. The number of carbonyl (C=O) groups excluding carboxylic acids is 1. The van der Waals surface area contributed by atoms with Crippen molar-refractivity contribution in [2.24, 2.45) is 5.92 Å². The molecule has 0 atom stereocenters. The molecule has 2 aromatic rings. The molecule has 3 rings (SSSR count). The van der Waals surface area contributed by atoms with Crippen molar-refractivity contribution >= 4 is 15.9 Å². The first-order chi connectivity index (χ1) is 14.3.